The lowest BCUT2D eigenvalue weighted by molar-refractivity contribution is -0.123. The van der Waals surface area contributed by atoms with E-state index in [0.717, 1.165) is 27.4 Å². The number of methoxy groups -OCH3 is 1. The number of benzene rings is 2. The first kappa shape index (κ1) is 21.1. The van der Waals surface area contributed by atoms with Crippen molar-refractivity contribution in [1.29, 1.82) is 0 Å². The van der Waals surface area contributed by atoms with Gasteiger partial charge >= 0.3 is 5.97 Å². The molecule has 0 atom stereocenters. The Morgan fingerprint density at radius 3 is 2.55 bits per heavy atom. The van der Waals surface area contributed by atoms with Gasteiger partial charge in [-0.25, -0.2) is 4.79 Å². The molecule has 8 heteroatoms. The van der Waals surface area contributed by atoms with Crippen LogP contribution in [0.15, 0.2) is 74.5 Å². The Hall–Kier alpha value is -3.10. The van der Waals surface area contributed by atoms with Gasteiger partial charge in [0.15, 0.2) is 0 Å². The van der Waals surface area contributed by atoms with E-state index in [1.807, 2.05) is 24.3 Å². The topological polar surface area (TPSA) is 76.8 Å². The van der Waals surface area contributed by atoms with Gasteiger partial charge < -0.3 is 9.15 Å². The molecule has 0 saturated carbocycles. The number of hydrogen-bond acceptors (Lipinski definition) is 6. The molecule has 0 spiro atoms. The van der Waals surface area contributed by atoms with Gasteiger partial charge in [0.05, 0.1) is 24.1 Å². The first-order valence-corrected chi connectivity index (χ1v) is 10.8. The van der Waals surface area contributed by atoms with E-state index in [1.165, 1.54) is 12.0 Å². The Bertz CT molecular complexity index is 1200. The molecule has 2 heterocycles. The minimum atomic E-state index is -0.412. The Labute approximate surface area is 191 Å². The molecule has 3 aromatic rings. The van der Waals surface area contributed by atoms with Crippen LogP contribution >= 0.6 is 27.7 Å². The van der Waals surface area contributed by atoms with Crippen LogP contribution in [0.5, 0.6) is 0 Å². The highest BCUT2D eigenvalue weighted by Crippen LogP contribution is 2.35. The van der Waals surface area contributed by atoms with Crippen molar-refractivity contribution >= 4 is 50.9 Å². The van der Waals surface area contributed by atoms with Crippen LogP contribution in [-0.4, -0.2) is 29.1 Å². The second-order valence-electron chi connectivity index (χ2n) is 6.63. The number of carbonyl (C=O) groups excluding carboxylic acids is 3. The van der Waals surface area contributed by atoms with Crippen molar-refractivity contribution in [2.45, 2.75) is 6.54 Å². The molecule has 1 aliphatic rings. The van der Waals surface area contributed by atoms with Gasteiger partial charge in [-0.1, -0.05) is 46.3 Å². The number of amides is 2. The number of hydrogen-bond donors (Lipinski definition) is 0. The summed E-state index contributed by atoms with van der Waals surface area (Å²) in [5.41, 5.74) is 2.06. The van der Waals surface area contributed by atoms with E-state index in [-0.39, 0.29) is 17.7 Å². The predicted molar refractivity (Wildman–Crippen MR) is 121 cm³/mol. The van der Waals surface area contributed by atoms with E-state index < -0.39 is 5.97 Å². The minimum absolute atomic E-state index is 0.194. The van der Waals surface area contributed by atoms with Gasteiger partial charge in [0.2, 0.25) is 0 Å². The molecule has 1 saturated heterocycles. The Balaban J connectivity index is 1.51. The van der Waals surface area contributed by atoms with Crippen LogP contribution in [0.4, 0.5) is 4.79 Å². The second-order valence-corrected chi connectivity index (χ2v) is 8.48. The molecular weight excluding hydrogens is 482 g/mol. The summed E-state index contributed by atoms with van der Waals surface area (Å²) in [7, 11) is 1.33. The fourth-order valence-corrected chi connectivity index (χ4v) is 4.26. The fraction of sp³-hybridized carbons (Fsp3) is 0.0870. The zero-order valence-corrected chi connectivity index (χ0v) is 18.7. The largest absolute Gasteiger partial charge is 0.465 e. The molecule has 156 valence electrons. The summed E-state index contributed by atoms with van der Waals surface area (Å²) >= 11 is 4.33. The van der Waals surface area contributed by atoms with Crippen molar-refractivity contribution in [3.63, 3.8) is 0 Å². The zero-order valence-electron chi connectivity index (χ0n) is 16.3. The van der Waals surface area contributed by atoms with Gasteiger partial charge in [-0.2, -0.15) is 0 Å². The van der Waals surface area contributed by atoms with Gasteiger partial charge in [0.1, 0.15) is 11.5 Å². The van der Waals surface area contributed by atoms with Crippen LogP contribution in [0.1, 0.15) is 21.7 Å². The maximum atomic E-state index is 12.8. The maximum absolute atomic E-state index is 12.8. The van der Waals surface area contributed by atoms with Crippen molar-refractivity contribution in [1.82, 2.24) is 4.90 Å². The highest BCUT2D eigenvalue weighted by Gasteiger charge is 2.35. The molecule has 0 unspecified atom stereocenters. The zero-order chi connectivity index (χ0) is 22.0. The van der Waals surface area contributed by atoms with Crippen LogP contribution in [0.2, 0.25) is 0 Å². The number of nitrogens with zero attached hydrogens (tertiary/aromatic N) is 1. The van der Waals surface area contributed by atoms with Gasteiger partial charge in [-0.05, 0) is 47.7 Å². The average molecular weight is 498 g/mol. The maximum Gasteiger partial charge on any atom is 0.337 e. The number of halogens is 1. The molecule has 0 bridgehead atoms. The van der Waals surface area contributed by atoms with E-state index >= 15 is 0 Å². The monoisotopic (exact) mass is 497 g/mol. The normalized spacial score (nSPS) is 15.0. The molecule has 31 heavy (non-hydrogen) atoms. The highest BCUT2D eigenvalue weighted by molar-refractivity contribution is 9.10. The Morgan fingerprint density at radius 2 is 1.84 bits per heavy atom. The third kappa shape index (κ3) is 4.50. The number of carbonyl (C=O) groups is 3. The number of esters is 1. The van der Waals surface area contributed by atoms with Gasteiger partial charge in [-0.15, -0.1) is 0 Å². The van der Waals surface area contributed by atoms with E-state index in [9.17, 15) is 14.4 Å². The molecule has 0 aliphatic carbocycles. The van der Waals surface area contributed by atoms with Crippen molar-refractivity contribution in [2.75, 3.05) is 7.11 Å². The van der Waals surface area contributed by atoms with Crippen LogP contribution in [0.25, 0.3) is 17.4 Å². The number of rotatable bonds is 5. The SMILES string of the molecule is COC(=O)c1ccc(-c2ccc(/C=C3\SC(=O)N(Cc4ccccc4Br)C3=O)o2)cc1. The first-order valence-electron chi connectivity index (χ1n) is 9.23. The molecule has 4 rings (SSSR count). The summed E-state index contributed by atoms with van der Waals surface area (Å²) in [6, 6.07) is 17.8. The summed E-state index contributed by atoms with van der Waals surface area (Å²) < 4.78 is 11.4. The molecule has 2 aromatic carbocycles. The Kier molecular flexibility index (Phi) is 6.11. The lowest BCUT2D eigenvalue weighted by Crippen LogP contribution is -2.27. The summed E-state index contributed by atoms with van der Waals surface area (Å²) in [5.74, 6) is 0.268. The van der Waals surface area contributed by atoms with Crippen molar-refractivity contribution in [3.8, 4) is 11.3 Å². The summed E-state index contributed by atoms with van der Waals surface area (Å²) in [6.07, 6.45) is 1.57. The summed E-state index contributed by atoms with van der Waals surface area (Å²) in [6.45, 7) is 0.194. The first-order chi connectivity index (χ1) is 15.0. The van der Waals surface area contributed by atoms with Crippen LogP contribution in [0.3, 0.4) is 0 Å². The van der Waals surface area contributed by atoms with E-state index in [1.54, 1.807) is 42.5 Å². The standard InChI is InChI=1S/C23H16BrNO5S/c1-29-22(27)15-8-6-14(7-9-15)19-11-10-17(30-19)12-20-21(26)25(23(28)31-20)13-16-4-2-3-5-18(16)24/h2-12H,13H2,1H3/b20-12-. The molecule has 1 aromatic heterocycles. The van der Waals surface area contributed by atoms with Crippen molar-refractivity contribution in [2.24, 2.45) is 0 Å². The highest BCUT2D eigenvalue weighted by atomic mass is 79.9. The number of furan rings is 1. The molecule has 2 amide bonds. The van der Waals surface area contributed by atoms with Gasteiger partial charge in [-0.3, -0.25) is 14.5 Å². The van der Waals surface area contributed by atoms with Crippen molar-refractivity contribution < 1.29 is 23.5 Å². The van der Waals surface area contributed by atoms with Crippen LogP contribution < -0.4 is 0 Å². The van der Waals surface area contributed by atoms with Gasteiger partial charge in [0.25, 0.3) is 11.1 Å². The molecule has 0 radical (unpaired) electrons. The summed E-state index contributed by atoms with van der Waals surface area (Å²) in [5, 5.41) is -0.322. The second kappa shape index (κ2) is 8.95. The lowest BCUT2D eigenvalue weighted by atomic mass is 10.1. The molecule has 1 fully saturated rings. The molecule has 6 nitrogen and oxygen atoms in total. The summed E-state index contributed by atoms with van der Waals surface area (Å²) in [4.78, 5) is 38.2. The predicted octanol–water partition coefficient (Wildman–Crippen LogP) is 5.73. The number of imide groups is 1. The van der Waals surface area contributed by atoms with E-state index in [4.69, 9.17) is 9.15 Å². The minimum Gasteiger partial charge on any atom is -0.465 e. The fourth-order valence-electron chi connectivity index (χ4n) is 3.04. The van der Waals surface area contributed by atoms with E-state index in [0.29, 0.717) is 22.0 Å². The lowest BCUT2D eigenvalue weighted by Gasteiger charge is -2.13. The number of thioether (sulfide) groups is 1. The average Bonchev–Trinajstić information content (AvgIpc) is 3.35. The number of ether oxygens (including phenoxy) is 1. The third-order valence-corrected chi connectivity index (χ3v) is 6.33. The van der Waals surface area contributed by atoms with Crippen molar-refractivity contribution in [3.05, 3.63) is 86.9 Å². The molecular formula is C23H16BrNO5S. The Morgan fingerprint density at radius 1 is 1.10 bits per heavy atom. The smallest absolute Gasteiger partial charge is 0.337 e. The molecule has 1 aliphatic heterocycles. The van der Waals surface area contributed by atoms with Crippen LogP contribution in [0, 0.1) is 0 Å². The van der Waals surface area contributed by atoms with E-state index in [2.05, 4.69) is 15.9 Å². The van der Waals surface area contributed by atoms with Gasteiger partial charge in [0, 0.05) is 16.1 Å². The van der Waals surface area contributed by atoms with Crippen LogP contribution in [-0.2, 0) is 16.1 Å². The quantitative estimate of drug-likeness (QED) is 0.330. The third-order valence-electron chi connectivity index (χ3n) is 4.65. The molecule has 0 N–H and O–H groups in total.